The molecule has 0 saturated carbocycles. The summed E-state index contributed by atoms with van der Waals surface area (Å²) in [5.41, 5.74) is 1.09. The molecule has 0 aromatic heterocycles. The molecule has 1 aliphatic heterocycles. The van der Waals surface area contributed by atoms with Crippen LogP contribution in [0.1, 0.15) is 45.1 Å². The van der Waals surface area contributed by atoms with Crippen molar-refractivity contribution in [2.45, 2.75) is 46.1 Å². The number of methoxy groups -OCH3 is 2. The van der Waals surface area contributed by atoms with Crippen LogP contribution in [0.2, 0.25) is 0 Å². The van der Waals surface area contributed by atoms with E-state index < -0.39 is 0 Å². The first-order valence-electron chi connectivity index (χ1n) is 10.6. The van der Waals surface area contributed by atoms with E-state index in [0.29, 0.717) is 6.54 Å². The van der Waals surface area contributed by atoms with Crippen molar-refractivity contribution in [1.82, 2.24) is 15.5 Å². The summed E-state index contributed by atoms with van der Waals surface area (Å²) in [6.45, 7) is 10.6. The van der Waals surface area contributed by atoms with Crippen LogP contribution in [0, 0.1) is 5.92 Å². The smallest absolute Gasteiger partial charge is 0.191 e. The van der Waals surface area contributed by atoms with Gasteiger partial charge in [-0.05, 0) is 69.3 Å². The Hall–Kier alpha value is -1.95. The molecule has 0 aliphatic carbocycles. The van der Waals surface area contributed by atoms with Gasteiger partial charge in [0.15, 0.2) is 17.5 Å². The van der Waals surface area contributed by atoms with Gasteiger partial charge in [0.2, 0.25) is 0 Å². The van der Waals surface area contributed by atoms with E-state index >= 15 is 0 Å². The number of ether oxygens (including phenoxy) is 2. The number of piperidine rings is 1. The monoisotopic (exact) mass is 390 g/mol. The van der Waals surface area contributed by atoms with Crippen molar-refractivity contribution in [3.8, 4) is 11.5 Å². The minimum Gasteiger partial charge on any atom is -0.493 e. The van der Waals surface area contributed by atoms with E-state index in [1.807, 2.05) is 18.2 Å². The van der Waals surface area contributed by atoms with Crippen LogP contribution in [0.5, 0.6) is 11.5 Å². The Kier molecular flexibility index (Phi) is 9.97. The van der Waals surface area contributed by atoms with Crippen LogP contribution >= 0.6 is 0 Å². The highest BCUT2D eigenvalue weighted by atomic mass is 16.5. The van der Waals surface area contributed by atoms with Crippen molar-refractivity contribution < 1.29 is 9.47 Å². The third kappa shape index (κ3) is 7.58. The van der Waals surface area contributed by atoms with Gasteiger partial charge in [-0.15, -0.1) is 0 Å². The van der Waals surface area contributed by atoms with Gasteiger partial charge in [-0.25, -0.2) is 4.99 Å². The predicted molar refractivity (Wildman–Crippen MR) is 116 cm³/mol. The third-order valence-electron chi connectivity index (χ3n) is 5.15. The van der Waals surface area contributed by atoms with Gasteiger partial charge in [0.1, 0.15) is 0 Å². The molecule has 158 valence electrons. The molecule has 2 N–H and O–H groups in total. The van der Waals surface area contributed by atoms with Crippen LogP contribution in [0.25, 0.3) is 0 Å². The SMILES string of the molecule is CCNC(=NCc1ccc(OC)c(OC)c1)NCCCCN1CCCC(C)C1. The second-order valence-electron chi connectivity index (χ2n) is 7.57. The average Bonchev–Trinajstić information content (AvgIpc) is 2.71. The maximum atomic E-state index is 5.37. The molecule has 1 unspecified atom stereocenters. The van der Waals surface area contributed by atoms with Gasteiger partial charge >= 0.3 is 0 Å². The van der Waals surface area contributed by atoms with E-state index in [0.717, 1.165) is 48.5 Å². The summed E-state index contributed by atoms with van der Waals surface area (Å²) >= 11 is 0. The van der Waals surface area contributed by atoms with Crippen LogP contribution < -0.4 is 20.1 Å². The second kappa shape index (κ2) is 12.5. The number of nitrogens with one attached hydrogen (secondary N) is 2. The predicted octanol–water partition coefficient (Wildman–Crippen LogP) is 3.27. The fraction of sp³-hybridized carbons (Fsp3) is 0.682. The van der Waals surface area contributed by atoms with Crippen molar-refractivity contribution in [1.29, 1.82) is 0 Å². The van der Waals surface area contributed by atoms with E-state index in [1.165, 1.54) is 38.9 Å². The number of unbranched alkanes of at least 4 members (excludes halogenated alkanes) is 1. The van der Waals surface area contributed by atoms with Crippen molar-refractivity contribution in [3.05, 3.63) is 23.8 Å². The van der Waals surface area contributed by atoms with Gasteiger partial charge in [0.05, 0.1) is 20.8 Å². The lowest BCUT2D eigenvalue weighted by Gasteiger charge is -2.30. The van der Waals surface area contributed by atoms with E-state index in [1.54, 1.807) is 14.2 Å². The molecule has 1 saturated heterocycles. The Morgan fingerprint density at radius 3 is 2.71 bits per heavy atom. The molecule has 6 heteroatoms. The van der Waals surface area contributed by atoms with E-state index in [4.69, 9.17) is 14.5 Å². The van der Waals surface area contributed by atoms with Crippen LogP contribution in [0.15, 0.2) is 23.2 Å². The van der Waals surface area contributed by atoms with Crippen molar-refractivity contribution in [2.24, 2.45) is 10.9 Å². The number of nitrogens with zero attached hydrogens (tertiary/aromatic N) is 2. The molecule has 1 aromatic rings. The molecule has 1 fully saturated rings. The number of aliphatic imine (C=N–C) groups is 1. The number of hydrogen-bond acceptors (Lipinski definition) is 4. The first-order chi connectivity index (χ1) is 13.7. The van der Waals surface area contributed by atoms with Crippen LogP contribution in [-0.2, 0) is 6.54 Å². The highest BCUT2D eigenvalue weighted by Gasteiger charge is 2.15. The number of rotatable bonds is 10. The lowest BCUT2D eigenvalue weighted by molar-refractivity contribution is 0.181. The maximum absolute atomic E-state index is 5.37. The third-order valence-corrected chi connectivity index (χ3v) is 5.15. The Balaban J connectivity index is 1.75. The molecule has 2 rings (SSSR count). The Labute approximate surface area is 170 Å². The normalized spacial score (nSPS) is 18.0. The van der Waals surface area contributed by atoms with Crippen LogP contribution in [-0.4, -0.2) is 57.8 Å². The van der Waals surface area contributed by atoms with Gasteiger partial charge in [-0.2, -0.15) is 0 Å². The van der Waals surface area contributed by atoms with Gasteiger partial charge in [0.25, 0.3) is 0 Å². The number of likely N-dealkylation sites (tertiary alicyclic amines) is 1. The van der Waals surface area contributed by atoms with Crippen molar-refractivity contribution in [2.75, 3.05) is 46.9 Å². The lowest BCUT2D eigenvalue weighted by atomic mass is 10.0. The standard InChI is InChI=1S/C22H38N4O2/c1-5-23-22(24-12-6-7-13-26-14-8-9-18(2)17-26)25-16-19-10-11-20(27-3)21(15-19)28-4/h10-11,15,18H,5-9,12-14,16-17H2,1-4H3,(H2,23,24,25). The van der Waals surface area contributed by atoms with Crippen molar-refractivity contribution >= 4 is 5.96 Å². The summed E-state index contributed by atoms with van der Waals surface area (Å²) in [6.07, 6.45) is 5.13. The number of benzene rings is 1. The largest absolute Gasteiger partial charge is 0.493 e. The molecular formula is C22H38N4O2. The molecule has 28 heavy (non-hydrogen) atoms. The van der Waals surface area contributed by atoms with Gasteiger partial charge in [0, 0.05) is 19.6 Å². The summed E-state index contributed by atoms with van der Waals surface area (Å²) in [7, 11) is 3.30. The van der Waals surface area contributed by atoms with E-state index in [9.17, 15) is 0 Å². The Morgan fingerprint density at radius 1 is 1.18 bits per heavy atom. The highest BCUT2D eigenvalue weighted by molar-refractivity contribution is 5.79. The molecule has 1 aromatic carbocycles. The average molecular weight is 391 g/mol. The highest BCUT2D eigenvalue weighted by Crippen LogP contribution is 2.27. The van der Waals surface area contributed by atoms with E-state index in [-0.39, 0.29) is 0 Å². The van der Waals surface area contributed by atoms with E-state index in [2.05, 4.69) is 29.4 Å². The zero-order chi connectivity index (χ0) is 20.2. The van der Waals surface area contributed by atoms with Crippen LogP contribution in [0.4, 0.5) is 0 Å². The topological polar surface area (TPSA) is 58.1 Å². The zero-order valence-electron chi connectivity index (χ0n) is 18.1. The van der Waals surface area contributed by atoms with Crippen molar-refractivity contribution in [3.63, 3.8) is 0 Å². The van der Waals surface area contributed by atoms with Gasteiger partial charge in [-0.1, -0.05) is 13.0 Å². The fourth-order valence-electron chi connectivity index (χ4n) is 3.65. The summed E-state index contributed by atoms with van der Waals surface area (Å²) in [5, 5.41) is 6.78. The molecule has 1 heterocycles. The number of hydrogen-bond donors (Lipinski definition) is 2. The number of guanidine groups is 1. The lowest BCUT2D eigenvalue weighted by Crippen LogP contribution is -2.38. The molecule has 1 atom stereocenters. The summed E-state index contributed by atoms with van der Waals surface area (Å²) < 4.78 is 10.7. The summed E-state index contributed by atoms with van der Waals surface area (Å²) in [5.74, 6) is 3.20. The van der Waals surface area contributed by atoms with Crippen LogP contribution in [0.3, 0.4) is 0 Å². The molecule has 0 bridgehead atoms. The van der Waals surface area contributed by atoms with Gasteiger partial charge in [-0.3, -0.25) is 0 Å². The Morgan fingerprint density at radius 2 is 2.00 bits per heavy atom. The quantitative estimate of drug-likeness (QED) is 0.365. The first kappa shape index (κ1) is 22.3. The molecule has 0 spiro atoms. The zero-order valence-corrected chi connectivity index (χ0v) is 18.1. The fourth-order valence-corrected chi connectivity index (χ4v) is 3.65. The molecular weight excluding hydrogens is 352 g/mol. The second-order valence-corrected chi connectivity index (χ2v) is 7.57. The molecule has 6 nitrogen and oxygen atoms in total. The maximum Gasteiger partial charge on any atom is 0.191 e. The molecule has 1 aliphatic rings. The minimum absolute atomic E-state index is 0.599. The Bertz CT molecular complexity index is 606. The summed E-state index contributed by atoms with van der Waals surface area (Å²) in [4.78, 5) is 7.32. The molecule has 0 radical (unpaired) electrons. The van der Waals surface area contributed by atoms with Gasteiger partial charge < -0.3 is 25.0 Å². The minimum atomic E-state index is 0.599. The summed E-state index contributed by atoms with van der Waals surface area (Å²) in [6, 6.07) is 5.92. The first-order valence-corrected chi connectivity index (χ1v) is 10.6. The molecule has 0 amide bonds.